The topological polar surface area (TPSA) is 80.5 Å². The van der Waals surface area contributed by atoms with Crippen LogP contribution in [-0.2, 0) is 11.3 Å². The second-order valence-corrected chi connectivity index (χ2v) is 6.49. The number of benzene rings is 1. The van der Waals surface area contributed by atoms with E-state index in [0.717, 1.165) is 38.5 Å². The van der Waals surface area contributed by atoms with Gasteiger partial charge in [-0.25, -0.2) is 4.98 Å². The Bertz CT molecular complexity index is 701. The summed E-state index contributed by atoms with van der Waals surface area (Å²) >= 11 is 7.45. The fourth-order valence-corrected chi connectivity index (χ4v) is 3.28. The Labute approximate surface area is 143 Å². The summed E-state index contributed by atoms with van der Waals surface area (Å²) in [6.45, 7) is 4.08. The van der Waals surface area contributed by atoms with Crippen molar-refractivity contribution in [2.45, 2.75) is 6.54 Å². The molecule has 1 saturated heterocycles. The minimum absolute atomic E-state index is 0.290. The van der Waals surface area contributed by atoms with Crippen LogP contribution in [0.5, 0.6) is 0 Å². The number of hydrogen-bond donors (Lipinski definition) is 2. The number of halogens is 1. The maximum Gasteiger partial charge on any atom is 0.258 e. The lowest BCUT2D eigenvalue weighted by Gasteiger charge is -2.25. The van der Waals surface area contributed by atoms with Crippen molar-refractivity contribution in [1.82, 2.24) is 9.88 Å². The summed E-state index contributed by atoms with van der Waals surface area (Å²) in [6, 6.07) is 4.81. The lowest BCUT2D eigenvalue weighted by Crippen LogP contribution is -2.35. The van der Waals surface area contributed by atoms with Gasteiger partial charge in [0.05, 0.1) is 29.5 Å². The Morgan fingerprint density at radius 3 is 2.96 bits per heavy atom. The second-order valence-electron chi connectivity index (χ2n) is 5.23. The average molecular weight is 353 g/mol. The molecule has 8 heteroatoms. The molecular formula is C15H17ClN4O2S. The number of morpholine rings is 1. The predicted molar refractivity (Wildman–Crippen MR) is 92.0 cm³/mol. The monoisotopic (exact) mass is 352 g/mol. The Morgan fingerprint density at radius 1 is 1.43 bits per heavy atom. The van der Waals surface area contributed by atoms with Crippen LogP contribution in [-0.4, -0.2) is 42.1 Å². The molecule has 1 aliphatic heterocycles. The molecular weight excluding hydrogens is 336 g/mol. The number of hydrogen-bond acceptors (Lipinski definition) is 6. The molecule has 1 fully saturated rings. The summed E-state index contributed by atoms with van der Waals surface area (Å²) in [5.74, 6) is -0.290. The molecule has 6 nitrogen and oxygen atoms in total. The fraction of sp³-hybridized carbons (Fsp3) is 0.333. The number of thiazole rings is 1. The standard InChI is InChI=1S/C15H17ClN4O2S/c16-13-7-10(17)1-2-12(13)14(21)19-15-18-11(9-23-15)8-20-3-5-22-6-4-20/h1-2,7,9H,3-6,8,17H2,(H,18,19,21). The molecule has 0 aliphatic carbocycles. The minimum atomic E-state index is -0.290. The third-order valence-electron chi connectivity index (χ3n) is 3.50. The molecule has 1 aromatic heterocycles. The molecule has 1 aliphatic rings. The largest absolute Gasteiger partial charge is 0.399 e. The van der Waals surface area contributed by atoms with Crippen molar-refractivity contribution in [3.05, 3.63) is 39.9 Å². The summed E-state index contributed by atoms with van der Waals surface area (Å²) < 4.78 is 5.33. The number of amides is 1. The van der Waals surface area contributed by atoms with E-state index in [9.17, 15) is 4.79 Å². The maximum absolute atomic E-state index is 12.2. The molecule has 2 heterocycles. The smallest absolute Gasteiger partial charge is 0.258 e. The van der Waals surface area contributed by atoms with Crippen molar-refractivity contribution in [3.63, 3.8) is 0 Å². The third-order valence-corrected chi connectivity index (χ3v) is 4.62. The van der Waals surface area contributed by atoms with Crippen molar-refractivity contribution >= 4 is 39.7 Å². The number of carbonyl (C=O) groups is 1. The van der Waals surface area contributed by atoms with Gasteiger partial charge in [0.25, 0.3) is 5.91 Å². The fourth-order valence-electron chi connectivity index (χ4n) is 2.31. The Morgan fingerprint density at radius 2 is 2.22 bits per heavy atom. The highest BCUT2D eigenvalue weighted by Crippen LogP contribution is 2.22. The number of ether oxygens (including phenoxy) is 1. The van der Waals surface area contributed by atoms with E-state index in [0.29, 0.717) is 21.4 Å². The Balaban J connectivity index is 1.62. The van der Waals surface area contributed by atoms with Crippen molar-refractivity contribution in [2.75, 3.05) is 37.4 Å². The van der Waals surface area contributed by atoms with Gasteiger partial charge in [0, 0.05) is 30.7 Å². The van der Waals surface area contributed by atoms with E-state index in [1.165, 1.54) is 11.3 Å². The van der Waals surface area contributed by atoms with Gasteiger partial charge < -0.3 is 10.5 Å². The lowest BCUT2D eigenvalue weighted by molar-refractivity contribution is 0.0337. The van der Waals surface area contributed by atoms with E-state index in [-0.39, 0.29) is 5.91 Å². The number of carbonyl (C=O) groups excluding carboxylic acids is 1. The molecule has 23 heavy (non-hydrogen) atoms. The van der Waals surface area contributed by atoms with Crippen LogP contribution in [0.2, 0.25) is 5.02 Å². The highest BCUT2D eigenvalue weighted by atomic mass is 35.5. The second kappa shape index (κ2) is 7.27. The normalized spacial score (nSPS) is 15.5. The van der Waals surface area contributed by atoms with Crippen LogP contribution in [0, 0.1) is 0 Å². The van der Waals surface area contributed by atoms with E-state index in [4.69, 9.17) is 22.1 Å². The van der Waals surface area contributed by atoms with Gasteiger partial charge in [-0.15, -0.1) is 11.3 Å². The SMILES string of the molecule is Nc1ccc(C(=O)Nc2nc(CN3CCOCC3)cs2)c(Cl)c1. The van der Waals surface area contributed by atoms with Crippen LogP contribution < -0.4 is 11.1 Å². The van der Waals surface area contributed by atoms with Crippen molar-refractivity contribution in [1.29, 1.82) is 0 Å². The Hall–Kier alpha value is -1.67. The van der Waals surface area contributed by atoms with Crippen LogP contribution in [0.25, 0.3) is 0 Å². The minimum Gasteiger partial charge on any atom is -0.399 e. The van der Waals surface area contributed by atoms with Crippen LogP contribution in [0.1, 0.15) is 16.1 Å². The maximum atomic E-state index is 12.2. The van der Waals surface area contributed by atoms with Gasteiger partial charge >= 0.3 is 0 Å². The number of nitrogens with one attached hydrogen (secondary N) is 1. The van der Waals surface area contributed by atoms with E-state index in [1.54, 1.807) is 18.2 Å². The van der Waals surface area contributed by atoms with E-state index >= 15 is 0 Å². The molecule has 0 saturated carbocycles. The van der Waals surface area contributed by atoms with Crippen LogP contribution in [0.3, 0.4) is 0 Å². The van der Waals surface area contributed by atoms with E-state index in [1.807, 2.05) is 5.38 Å². The summed E-state index contributed by atoms with van der Waals surface area (Å²) in [7, 11) is 0. The summed E-state index contributed by atoms with van der Waals surface area (Å²) in [5, 5.41) is 5.62. The first-order valence-electron chi connectivity index (χ1n) is 7.23. The molecule has 0 bridgehead atoms. The van der Waals surface area contributed by atoms with Gasteiger partial charge in [0.1, 0.15) is 0 Å². The molecule has 0 atom stereocenters. The summed E-state index contributed by atoms with van der Waals surface area (Å²) in [5.41, 5.74) is 7.48. The molecule has 3 N–H and O–H groups in total. The number of nitrogens with two attached hydrogens (primary N) is 1. The van der Waals surface area contributed by atoms with Crippen LogP contribution >= 0.6 is 22.9 Å². The molecule has 0 unspecified atom stereocenters. The Kier molecular flexibility index (Phi) is 5.12. The first-order valence-corrected chi connectivity index (χ1v) is 8.48. The van der Waals surface area contributed by atoms with E-state index < -0.39 is 0 Å². The van der Waals surface area contributed by atoms with Crippen molar-refractivity contribution < 1.29 is 9.53 Å². The van der Waals surface area contributed by atoms with Crippen molar-refractivity contribution in [2.24, 2.45) is 0 Å². The van der Waals surface area contributed by atoms with Crippen LogP contribution in [0.15, 0.2) is 23.6 Å². The quantitative estimate of drug-likeness (QED) is 0.826. The predicted octanol–water partition coefficient (Wildman–Crippen LogP) is 2.46. The van der Waals surface area contributed by atoms with Gasteiger partial charge in [-0.1, -0.05) is 11.6 Å². The third kappa shape index (κ3) is 4.20. The molecule has 0 radical (unpaired) electrons. The molecule has 1 amide bonds. The highest BCUT2D eigenvalue weighted by Gasteiger charge is 2.15. The zero-order valence-electron chi connectivity index (χ0n) is 12.4. The molecule has 2 aromatic rings. The first-order chi connectivity index (χ1) is 11.1. The number of aromatic nitrogens is 1. The first kappa shape index (κ1) is 16.2. The van der Waals surface area contributed by atoms with Gasteiger partial charge in [-0.2, -0.15) is 0 Å². The molecule has 1 aromatic carbocycles. The molecule has 3 rings (SSSR count). The van der Waals surface area contributed by atoms with Crippen molar-refractivity contribution in [3.8, 4) is 0 Å². The molecule has 0 spiro atoms. The van der Waals surface area contributed by atoms with Gasteiger partial charge in [-0.05, 0) is 18.2 Å². The van der Waals surface area contributed by atoms with Gasteiger partial charge in [0.15, 0.2) is 5.13 Å². The average Bonchev–Trinajstić information content (AvgIpc) is 2.95. The van der Waals surface area contributed by atoms with Gasteiger partial charge in [0.2, 0.25) is 0 Å². The highest BCUT2D eigenvalue weighted by molar-refractivity contribution is 7.14. The van der Waals surface area contributed by atoms with E-state index in [2.05, 4.69) is 15.2 Å². The number of nitrogen functional groups attached to an aromatic ring is 1. The number of nitrogens with zero attached hydrogens (tertiary/aromatic N) is 2. The summed E-state index contributed by atoms with van der Waals surface area (Å²) in [6.07, 6.45) is 0. The van der Waals surface area contributed by atoms with Crippen LogP contribution in [0.4, 0.5) is 10.8 Å². The number of anilines is 2. The summed E-state index contributed by atoms with van der Waals surface area (Å²) in [4.78, 5) is 19.0. The zero-order valence-corrected chi connectivity index (χ0v) is 14.0. The molecule has 122 valence electrons. The number of rotatable bonds is 4. The lowest BCUT2D eigenvalue weighted by atomic mass is 10.2. The van der Waals surface area contributed by atoms with Gasteiger partial charge in [-0.3, -0.25) is 15.0 Å². The zero-order chi connectivity index (χ0) is 16.2.